The first-order chi connectivity index (χ1) is 11.0. The van der Waals surface area contributed by atoms with Gasteiger partial charge in [0.15, 0.2) is 5.75 Å². The van der Waals surface area contributed by atoms with E-state index in [1.165, 1.54) is 0 Å². The number of nitrogens with one attached hydrogen (secondary N) is 1. The summed E-state index contributed by atoms with van der Waals surface area (Å²) >= 11 is 6.16. The Bertz CT molecular complexity index is 686. The van der Waals surface area contributed by atoms with Crippen LogP contribution in [-0.2, 0) is 11.2 Å². The summed E-state index contributed by atoms with van der Waals surface area (Å²) in [6.45, 7) is 3.82. The first kappa shape index (κ1) is 17.2. The number of nitrogen functional groups attached to an aromatic ring is 1. The van der Waals surface area contributed by atoms with E-state index in [0.29, 0.717) is 35.0 Å². The summed E-state index contributed by atoms with van der Waals surface area (Å²) < 4.78 is 5.69. The second-order valence-electron chi connectivity index (χ2n) is 5.53. The number of nitrogens with two attached hydrogens (primary N) is 1. The number of hydrogen-bond acceptors (Lipinski definition) is 3. The Morgan fingerprint density at radius 2 is 1.96 bits per heavy atom. The predicted octanol–water partition coefficient (Wildman–Crippen LogP) is 4.28. The number of hydrogen-bond donors (Lipinski definition) is 2. The first-order valence-electron chi connectivity index (χ1n) is 7.55. The number of halogens is 1. The smallest absolute Gasteiger partial charge is 0.224 e. The minimum atomic E-state index is -0.107. The minimum Gasteiger partial charge on any atom is -0.487 e. The van der Waals surface area contributed by atoms with Gasteiger partial charge in [-0.25, -0.2) is 0 Å². The van der Waals surface area contributed by atoms with Gasteiger partial charge in [-0.15, -0.1) is 0 Å². The Morgan fingerprint density at radius 1 is 1.22 bits per heavy atom. The summed E-state index contributed by atoms with van der Waals surface area (Å²) in [5, 5.41) is 3.33. The van der Waals surface area contributed by atoms with Gasteiger partial charge in [-0.3, -0.25) is 4.79 Å². The molecule has 23 heavy (non-hydrogen) atoms. The van der Waals surface area contributed by atoms with Crippen molar-refractivity contribution in [2.45, 2.75) is 32.8 Å². The van der Waals surface area contributed by atoms with Crippen molar-refractivity contribution in [3.8, 4) is 5.75 Å². The van der Waals surface area contributed by atoms with Gasteiger partial charge in [0.25, 0.3) is 0 Å². The summed E-state index contributed by atoms with van der Waals surface area (Å²) in [5.41, 5.74) is 8.14. The fraction of sp³-hybridized carbons (Fsp3) is 0.278. The van der Waals surface area contributed by atoms with Crippen molar-refractivity contribution in [3.63, 3.8) is 0 Å². The van der Waals surface area contributed by atoms with Crippen LogP contribution in [0.5, 0.6) is 5.75 Å². The molecule has 0 bridgehead atoms. The molecule has 2 aromatic rings. The van der Waals surface area contributed by atoms with Crippen molar-refractivity contribution in [1.82, 2.24) is 0 Å². The van der Waals surface area contributed by atoms with E-state index in [2.05, 4.69) is 5.32 Å². The monoisotopic (exact) mass is 332 g/mol. The molecule has 122 valence electrons. The van der Waals surface area contributed by atoms with E-state index in [-0.39, 0.29) is 12.0 Å². The zero-order valence-corrected chi connectivity index (χ0v) is 14.1. The van der Waals surface area contributed by atoms with Crippen molar-refractivity contribution in [2.75, 3.05) is 11.1 Å². The molecule has 5 heteroatoms. The van der Waals surface area contributed by atoms with Crippen LogP contribution in [0.3, 0.4) is 0 Å². The van der Waals surface area contributed by atoms with Gasteiger partial charge in [0.05, 0.1) is 16.8 Å². The second kappa shape index (κ2) is 7.88. The third-order valence-corrected chi connectivity index (χ3v) is 3.57. The molecule has 0 aliphatic carbocycles. The van der Waals surface area contributed by atoms with E-state index in [9.17, 15) is 4.79 Å². The molecule has 0 aliphatic heterocycles. The number of amides is 1. The van der Waals surface area contributed by atoms with E-state index in [1.807, 2.05) is 38.1 Å². The van der Waals surface area contributed by atoms with Gasteiger partial charge in [-0.1, -0.05) is 35.9 Å². The summed E-state index contributed by atoms with van der Waals surface area (Å²) in [7, 11) is 0. The largest absolute Gasteiger partial charge is 0.487 e. The highest BCUT2D eigenvalue weighted by atomic mass is 35.5. The maximum Gasteiger partial charge on any atom is 0.224 e. The van der Waals surface area contributed by atoms with E-state index in [0.717, 1.165) is 5.56 Å². The molecule has 4 nitrogen and oxygen atoms in total. The molecule has 0 fully saturated rings. The van der Waals surface area contributed by atoms with Gasteiger partial charge in [-0.2, -0.15) is 0 Å². The molecule has 0 saturated carbocycles. The predicted molar refractivity (Wildman–Crippen MR) is 95.0 cm³/mol. The first-order valence-corrected chi connectivity index (χ1v) is 7.93. The molecule has 0 aliphatic rings. The highest BCUT2D eigenvalue weighted by Gasteiger charge is 2.13. The number of ether oxygens (including phenoxy) is 1. The Hall–Kier alpha value is -2.20. The molecule has 3 N–H and O–H groups in total. The number of carbonyl (C=O) groups is 1. The van der Waals surface area contributed by atoms with Crippen LogP contribution in [0.2, 0.25) is 5.02 Å². The van der Waals surface area contributed by atoms with Crippen LogP contribution in [0.1, 0.15) is 25.8 Å². The molecular weight excluding hydrogens is 312 g/mol. The maximum absolute atomic E-state index is 12.2. The molecular formula is C18H21ClN2O2. The van der Waals surface area contributed by atoms with Crippen LogP contribution in [0.25, 0.3) is 0 Å². The lowest BCUT2D eigenvalue weighted by molar-refractivity contribution is -0.116. The molecule has 0 saturated heterocycles. The van der Waals surface area contributed by atoms with Gasteiger partial charge >= 0.3 is 0 Å². The number of para-hydroxylation sites is 2. The van der Waals surface area contributed by atoms with Crippen LogP contribution in [-0.4, -0.2) is 12.0 Å². The van der Waals surface area contributed by atoms with Gasteiger partial charge in [0, 0.05) is 12.1 Å². The molecule has 0 atom stereocenters. The highest BCUT2D eigenvalue weighted by molar-refractivity contribution is 6.32. The quantitative estimate of drug-likeness (QED) is 0.776. The fourth-order valence-electron chi connectivity index (χ4n) is 2.19. The van der Waals surface area contributed by atoms with Crippen molar-refractivity contribution < 1.29 is 9.53 Å². The Balaban J connectivity index is 2.03. The molecule has 0 radical (unpaired) electrons. The van der Waals surface area contributed by atoms with E-state index >= 15 is 0 Å². The average molecular weight is 333 g/mol. The van der Waals surface area contributed by atoms with Crippen molar-refractivity contribution in [1.29, 1.82) is 0 Å². The normalized spacial score (nSPS) is 10.6. The van der Waals surface area contributed by atoms with E-state index < -0.39 is 0 Å². The number of benzene rings is 2. The molecule has 2 aromatic carbocycles. The Kier molecular flexibility index (Phi) is 5.88. The lowest BCUT2D eigenvalue weighted by Gasteiger charge is -2.16. The topological polar surface area (TPSA) is 64.3 Å². The standard InChI is InChI=1S/C18H21ClN2O2/c1-12(2)23-18-14(19)7-5-9-16(18)21-17(22)11-10-13-6-3-4-8-15(13)20/h3-9,12H,10-11,20H2,1-2H3,(H,21,22). The third kappa shape index (κ3) is 4.89. The average Bonchev–Trinajstić information content (AvgIpc) is 2.50. The zero-order chi connectivity index (χ0) is 16.8. The van der Waals surface area contributed by atoms with Crippen molar-refractivity contribution in [3.05, 3.63) is 53.1 Å². The number of rotatable bonds is 6. The Morgan fingerprint density at radius 3 is 2.65 bits per heavy atom. The number of aryl methyl sites for hydroxylation is 1. The molecule has 0 unspecified atom stereocenters. The van der Waals surface area contributed by atoms with E-state index in [1.54, 1.807) is 18.2 Å². The van der Waals surface area contributed by atoms with E-state index in [4.69, 9.17) is 22.1 Å². The molecule has 2 rings (SSSR count). The second-order valence-corrected chi connectivity index (χ2v) is 5.94. The summed E-state index contributed by atoms with van der Waals surface area (Å²) in [6, 6.07) is 12.8. The van der Waals surface area contributed by atoms with Gasteiger partial charge in [0.2, 0.25) is 5.91 Å². The minimum absolute atomic E-state index is 0.0327. The third-order valence-electron chi connectivity index (χ3n) is 3.27. The van der Waals surface area contributed by atoms with Gasteiger partial charge < -0.3 is 15.8 Å². The molecule has 0 aromatic heterocycles. The van der Waals surface area contributed by atoms with Crippen LogP contribution < -0.4 is 15.8 Å². The SMILES string of the molecule is CC(C)Oc1c(Cl)cccc1NC(=O)CCc1ccccc1N. The maximum atomic E-state index is 12.2. The van der Waals surface area contributed by atoms with Crippen molar-refractivity contribution in [2.24, 2.45) is 0 Å². The Labute approximate surface area is 141 Å². The summed E-state index contributed by atoms with van der Waals surface area (Å²) in [5.74, 6) is 0.390. The zero-order valence-electron chi connectivity index (χ0n) is 13.3. The van der Waals surface area contributed by atoms with Gasteiger partial charge in [0.1, 0.15) is 0 Å². The highest BCUT2D eigenvalue weighted by Crippen LogP contribution is 2.33. The van der Waals surface area contributed by atoms with Crippen LogP contribution >= 0.6 is 11.6 Å². The lowest BCUT2D eigenvalue weighted by atomic mass is 10.1. The number of carbonyl (C=O) groups excluding carboxylic acids is 1. The molecule has 0 spiro atoms. The fourth-order valence-corrected chi connectivity index (χ4v) is 2.40. The number of anilines is 2. The van der Waals surface area contributed by atoms with Crippen LogP contribution in [0, 0.1) is 0 Å². The molecule has 1 amide bonds. The lowest BCUT2D eigenvalue weighted by Crippen LogP contribution is -2.15. The van der Waals surface area contributed by atoms with Crippen LogP contribution in [0.15, 0.2) is 42.5 Å². The summed E-state index contributed by atoms with van der Waals surface area (Å²) in [4.78, 5) is 12.2. The van der Waals surface area contributed by atoms with Crippen LogP contribution in [0.4, 0.5) is 11.4 Å². The van der Waals surface area contributed by atoms with Gasteiger partial charge in [-0.05, 0) is 44.0 Å². The van der Waals surface area contributed by atoms with Crippen molar-refractivity contribution >= 4 is 28.9 Å². The molecule has 0 heterocycles. The summed E-state index contributed by atoms with van der Waals surface area (Å²) in [6.07, 6.45) is 0.885.